The van der Waals surface area contributed by atoms with Gasteiger partial charge in [0.2, 0.25) is 0 Å². The Hall–Kier alpha value is -1.17. The maximum absolute atomic E-state index is 11.3. The summed E-state index contributed by atoms with van der Waals surface area (Å²) in [5, 5.41) is 0. The number of likely N-dealkylation sites (tertiary alicyclic amines) is 1. The van der Waals surface area contributed by atoms with Crippen LogP contribution in [0.5, 0.6) is 0 Å². The van der Waals surface area contributed by atoms with Crippen molar-refractivity contribution < 1.29 is 23.8 Å². The Labute approximate surface area is 93.4 Å². The van der Waals surface area contributed by atoms with Crippen molar-refractivity contribution in [3.8, 4) is 0 Å². The maximum Gasteiger partial charge on any atom is 0.349 e. The van der Waals surface area contributed by atoms with E-state index in [0.717, 1.165) is 19.4 Å². The first-order chi connectivity index (χ1) is 7.61. The van der Waals surface area contributed by atoms with Crippen molar-refractivity contribution >= 4 is 11.9 Å². The number of nitrogens with zero attached hydrogens (tertiary/aromatic N) is 1. The van der Waals surface area contributed by atoms with Crippen molar-refractivity contribution in [2.75, 3.05) is 20.1 Å². The summed E-state index contributed by atoms with van der Waals surface area (Å²) in [6, 6.07) is 0. The van der Waals surface area contributed by atoms with E-state index in [4.69, 9.17) is 4.74 Å². The Morgan fingerprint density at radius 2 is 2.06 bits per heavy atom. The number of piperidine rings is 1. The van der Waals surface area contributed by atoms with Gasteiger partial charge in [0.15, 0.2) is 0 Å². The molecule has 0 amide bonds. The van der Waals surface area contributed by atoms with Crippen LogP contribution in [-0.2, 0) is 19.3 Å². The quantitative estimate of drug-likeness (QED) is 0.673. The van der Waals surface area contributed by atoms with Crippen LogP contribution in [0, 0.1) is 0 Å². The number of carbonyl (C=O) groups excluding carboxylic acids is 2. The number of hydrogen-bond donors (Lipinski definition) is 0. The molecule has 6 heteroatoms. The molecule has 16 heavy (non-hydrogen) atoms. The molecule has 1 atom stereocenters. The molecule has 0 aromatic carbocycles. The minimum Gasteiger partial charge on any atom is -0.461 e. The Bertz CT molecular complexity index is 259. The Balaban J connectivity index is 2.20. The van der Waals surface area contributed by atoms with Gasteiger partial charge in [-0.15, -0.1) is 0 Å². The molecule has 0 N–H and O–H groups in total. The van der Waals surface area contributed by atoms with E-state index in [0.29, 0.717) is 6.54 Å². The minimum atomic E-state index is -1.04. The lowest BCUT2D eigenvalue weighted by atomic mass is 10.1. The average Bonchev–Trinajstić information content (AvgIpc) is 2.26. The van der Waals surface area contributed by atoms with E-state index in [-0.39, 0.29) is 18.9 Å². The third-order valence-electron chi connectivity index (χ3n) is 2.50. The van der Waals surface area contributed by atoms with E-state index in [1.54, 1.807) is 0 Å². The molecule has 92 valence electrons. The summed E-state index contributed by atoms with van der Waals surface area (Å²) in [7, 11) is 1.96. The Morgan fingerprint density at radius 1 is 1.38 bits per heavy atom. The van der Waals surface area contributed by atoms with Gasteiger partial charge in [0.25, 0.3) is 0 Å². The van der Waals surface area contributed by atoms with Crippen LogP contribution < -0.4 is 0 Å². The minimum absolute atomic E-state index is 0.118. The zero-order valence-corrected chi connectivity index (χ0v) is 9.28. The molecule has 1 rings (SSSR count). The van der Waals surface area contributed by atoms with Crippen LogP contribution in [0.25, 0.3) is 0 Å². The fraction of sp³-hybridized carbons (Fsp3) is 0.800. The highest BCUT2D eigenvalue weighted by Crippen LogP contribution is 2.12. The van der Waals surface area contributed by atoms with E-state index in [2.05, 4.69) is 9.84 Å². The van der Waals surface area contributed by atoms with Crippen LogP contribution in [0.2, 0.25) is 0 Å². The number of ether oxygens (including phenoxy) is 1. The van der Waals surface area contributed by atoms with E-state index >= 15 is 0 Å². The first-order valence-corrected chi connectivity index (χ1v) is 5.31. The van der Waals surface area contributed by atoms with Gasteiger partial charge in [-0.1, -0.05) is 0 Å². The second kappa shape index (κ2) is 6.42. The standard InChI is InChI=1S/C10H16FNO4/c1-12-6-2-3-8(7-12)15-9(13)4-5-10(14)16-11/h8H,2-7H2,1H3. The second-order valence-electron chi connectivity index (χ2n) is 3.97. The molecule has 0 bridgehead atoms. The summed E-state index contributed by atoms with van der Waals surface area (Å²) in [5.41, 5.74) is 0. The molecule has 0 spiro atoms. The van der Waals surface area contributed by atoms with Gasteiger partial charge in [0, 0.05) is 11.1 Å². The van der Waals surface area contributed by atoms with Crippen LogP contribution in [-0.4, -0.2) is 43.1 Å². The van der Waals surface area contributed by atoms with Crippen molar-refractivity contribution in [1.29, 1.82) is 0 Å². The van der Waals surface area contributed by atoms with Gasteiger partial charge in [0.05, 0.1) is 12.8 Å². The molecular weight excluding hydrogens is 217 g/mol. The van der Waals surface area contributed by atoms with Crippen LogP contribution in [0.1, 0.15) is 25.7 Å². The van der Waals surface area contributed by atoms with Crippen LogP contribution in [0.15, 0.2) is 0 Å². The van der Waals surface area contributed by atoms with Crippen molar-refractivity contribution in [2.24, 2.45) is 0 Å². The number of halogens is 1. The number of carbonyl (C=O) groups is 2. The summed E-state index contributed by atoms with van der Waals surface area (Å²) in [5.74, 6) is -1.52. The van der Waals surface area contributed by atoms with Gasteiger partial charge in [-0.2, -0.15) is 0 Å². The zero-order chi connectivity index (χ0) is 12.0. The molecule has 0 radical (unpaired) electrons. The molecule has 0 aromatic rings. The lowest BCUT2D eigenvalue weighted by molar-refractivity contribution is -0.184. The van der Waals surface area contributed by atoms with E-state index in [1.165, 1.54) is 0 Å². The predicted molar refractivity (Wildman–Crippen MR) is 53.0 cm³/mol. The molecule has 1 unspecified atom stereocenters. The largest absolute Gasteiger partial charge is 0.461 e. The molecule has 1 heterocycles. The summed E-state index contributed by atoms with van der Waals surface area (Å²) in [6.45, 7) is 1.71. The molecule has 0 aliphatic carbocycles. The van der Waals surface area contributed by atoms with Gasteiger partial charge in [-0.05, 0) is 26.4 Å². The van der Waals surface area contributed by atoms with Gasteiger partial charge >= 0.3 is 11.9 Å². The second-order valence-corrected chi connectivity index (χ2v) is 3.97. The van der Waals surface area contributed by atoms with Crippen LogP contribution in [0.3, 0.4) is 0 Å². The highest BCUT2D eigenvalue weighted by Gasteiger charge is 2.21. The van der Waals surface area contributed by atoms with Gasteiger partial charge < -0.3 is 9.64 Å². The first-order valence-electron chi connectivity index (χ1n) is 5.31. The maximum atomic E-state index is 11.3. The monoisotopic (exact) mass is 233 g/mol. The van der Waals surface area contributed by atoms with Crippen molar-refractivity contribution in [1.82, 2.24) is 4.90 Å². The number of rotatable bonds is 4. The zero-order valence-electron chi connectivity index (χ0n) is 9.28. The van der Waals surface area contributed by atoms with Crippen molar-refractivity contribution in [3.05, 3.63) is 0 Å². The smallest absolute Gasteiger partial charge is 0.349 e. The normalized spacial score (nSPS) is 21.5. The third kappa shape index (κ3) is 4.57. The van der Waals surface area contributed by atoms with E-state index in [1.807, 2.05) is 7.05 Å². The van der Waals surface area contributed by atoms with Crippen LogP contribution in [0.4, 0.5) is 4.53 Å². The fourth-order valence-corrected chi connectivity index (χ4v) is 1.70. The predicted octanol–water partition coefficient (Wildman–Crippen LogP) is 0.832. The molecular formula is C10H16FNO4. The van der Waals surface area contributed by atoms with Gasteiger partial charge in [0.1, 0.15) is 6.10 Å². The number of likely N-dealkylation sites (N-methyl/N-ethyl adjacent to an activating group) is 1. The molecule has 1 saturated heterocycles. The SMILES string of the molecule is CN1CCCC(OC(=O)CCC(=O)OF)C1. The third-order valence-corrected chi connectivity index (χ3v) is 2.50. The van der Waals surface area contributed by atoms with Crippen molar-refractivity contribution in [2.45, 2.75) is 31.8 Å². The number of hydrogen-bond acceptors (Lipinski definition) is 5. The topological polar surface area (TPSA) is 55.8 Å². The van der Waals surface area contributed by atoms with Gasteiger partial charge in [-0.25, -0.2) is 4.79 Å². The fourth-order valence-electron chi connectivity index (χ4n) is 1.70. The number of esters is 1. The Morgan fingerprint density at radius 3 is 2.69 bits per heavy atom. The summed E-state index contributed by atoms with van der Waals surface area (Å²) < 4.78 is 16.5. The lowest BCUT2D eigenvalue weighted by Crippen LogP contribution is -2.38. The van der Waals surface area contributed by atoms with E-state index in [9.17, 15) is 14.1 Å². The Kier molecular flexibility index (Phi) is 5.18. The molecule has 0 saturated carbocycles. The van der Waals surface area contributed by atoms with E-state index < -0.39 is 11.9 Å². The average molecular weight is 233 g/mol. The lowest BCUT2D eigenvalue weighted by Gasteiger charge is -2.29. The van der Waals surface area contributed by atoms with Crippen molar-refractivity contribution in [3.63, 3.8) is 0 Å². The first kappa shape index (κ1) is 12.9. The molecule has 0 aromatic heterocycles. The summed E-state index contributed by atoms with van der Waals surface area (Å²) >= 11 is 0. The van der Waals surface area contributed by atoms with Crippen LogP contribution >= 0.6 is 0 Å². The molecule has 1 fully saturated rings. The summed E-state index contributed by atoms with van der Waals surface area (Å²) in [4.78, 5) is 26.7. The molecule has 1 aliphatic rings. The van der Waals surface area contributed by atoms with Gasteiger partial charge in [-0.3, -0.25) is 9.74 Å². The molecule has 1 aliphatic heterocycles. The summed E-state index contributed by atoms with van der Waals surface area (Å²) in [6.07, 6.45) is 1.29. The highest BCUT2D eigenvalue weighted by molar-refractivity contribution is 5.77. The molecule has 5 nitrogen and oxygen atoms in total. The highest BCUT2D eigenvalue weighted by atomic mass is 19.3.